The summed E-state index contributed by atoms with van der Waals surface area (Å²) in [6, 6.07) is 20.4. The van der Waals surface area contributed by atoms with Gasteiger partial charge in [-0.15, -0.1) is 0 Å². The molecule has 1 N–H and O–H groups in total. The molecule has 34 heavy (non-hydrogen) atoms. The van der Waals surface area contributed by atoms with Crippen molar-refractivity contribution in [1.82, 2.24) is 0 Å². The van der Waals surface area contributed by atoms with Gasteiger partial charge in [0.05, 0.1) is 22.8 Å². The zero-order valence-corrected chi connectivity index (χ0v) is 21.9. The van der Waals surface area contributed by atoms with Gasteiger partial charge in [-0.25, -0.2) is 8.42 Å². The van der Waals surface area contributed by atoms with Crippen LogP contribution in [0.4, 0.5) is 11.4 Å². The lowest BCUT2D eigenvalue weighted by Gasteiger charge is -2.23. The van der Waals surface area contributed by atoms with Crippen LogP contribution in [0.2, 0.25) is 0 Å². The fourth-order valence-electron chi connectivity index (χ4n) is 3.33. The number of rotatable bonds is 10. The minimum atomic E-state index is -3.74. The van der Waals surface area contributed by atoms with Gasteiger partial charge in [-0.1, -0.05) is 48.0 Å². The monoisotopic (exact) mass is 544 g/mol. The quantitative estimate of drug-likeness (QED) is 0.323. The van der Waals surface area contributed by atoms with Gasteiger partial charge in [-0.2, -0.15) is 0 Å². The number of hydrogen-bond acceptors (Lipinski definition) is 4. The van der Waals surface area contributed by atoms with E-state index >= 15 is 0 Å². The van der Waals surface area contributed by atoms with Gasteiger partial charge in [-0.05, 0) is 73.9 Å². The second kappa shape index (κ2) is 11.5. The first-order valence-electron chi connectivity index (χ1n) is 11.1. The van der Waals surface area contributed by atoms with Crippen LogP contribution in [0.1, 0.15) is 37.6 Å². The fraction of sp³-hybridized carbons (Fsp3) is 0.269. The summed E-state index contributed by atoms with van der Waals surface area (Å²) in [5.74, 6) is 0.658. The number of nitrogens with one attached hydrogen (secondary N) is 1. The third kappa shape index (κ3) is 6.39. The molecule has 0 aliphatic rings. The molecule has 3 aromatic carbocycles. The lowest BCUT2D eigenvalue weighted by molar-refractivity contribution is 0.102. The van der Waals surface area contributed by atoms with Crippen LogP contribution in [0, 0.1) is 5.92 Å². The molecule has 0 heterocycles. The van der Waals surface area contributed by atoms with Crippen molar-refractivity contribution in [2.24, 2.45) is 5.92 Å². The van der Waals surface area contributed by atoms with Gasteiger partial charge in [0, 0.05) is 16.7 Å². The Bertz CT molecular complexity index is 1210. The van der Waals surface area contributed by atoms with E-state index < -0.39 is 10.0 Å². The van der Waals surface area contributed by atoms with E-state index in [9.17, 15) is 13.2 Å². The average molecular weight is 545 g/mol. The van der Waals surface area contributed by atoms with Crippen LogP contribution in [0.25, 0.3) is 0 Å². The van der Waals surface area contributed by atoms with Crippen molar-refractivity contribution in [3.63, 3.8) is 0 Å². The maximum atomic E-state index is 13.2. The van der Waals surface area contributed by atoms with Crippen LogP contribution < -0.4 is 14.4 Å². The summed E-state index contributed by atoms with van der Waals surface area (Å²) in [6.07, 6.45) is 0.880. The van der Waals surface area contributed by atoms with Crippen molar-refractivity contribution < 1.29 is 17.9 Å². The van der Waals surface area contributed by atoms with Crippen molar-refractivity contribution in [2.45, 2.75) is 32.1 Å². The average Bonchev–Trinajstić information content (AvgIpc) is 2.81. The third-order valence-electron chi connectivity index (χ3n) is 5.17. The second-order valence-corrected chi connectivity index (χ2v) is 10.9. The Hall–Kier alpha value is -2.84. The van der Waals surface area contributed by atoms with E-state index in [-0.39, 0.29) is 10.8 Å². The highest BCUT2D eigenvalue weighted by atomic mass is 79.9. The maximum Gasteiger partial charge on any atom is 0.264 e. The molecule has 180 valence electrons. The summed E-state index contributed by atoms with van der Waals surface area (Å²) in [4.78, 5) is 13.1. The standard InChI is InChI=1S/C26H29BrN2O4S/c1-4-29(22-8-6-5-7-9-22)34(31,32)23-13-11-21(12-14-23)28-26(30)24-18-20(27)10-15-25(24)33-17-16-19(2)3/h5-15,18-19H,4,16-17H2,1-3H3,(H,28,30). The van der Waals surface area contributed by atoms with Crippen LogP contribution in [-0.4, -0.2) is 27.5 Å². The molecule has 0 unspecified atom stereocenters. The zero-order valence-electron chi connectivity index (χ0n) is 19.5. The number of hydrogen-bond donors (Lipinski definition) is 1. The minimum absolute atomic E-state index is 0.149. The van der Waals surface area contributed by atoms with Crippen LogP contribution in [0.3, 0.4) is 0 Å². The van der Waals surface area contributed by atoms with E-state index in [2.05, 4.69) is 35.1 Å². The van der Waals surface area contributed by atoms with E-state index in [0.717, 1.165) is 10.9 Å². The van der Waals surface area contributed by atoms with Crippen molar-refractivity contribution in [3.05, 3.63) is 82.8 Å². The van der Waals surface area contributed by atoms with Crippen LogP contribution in [0.15, 0.2) is 82.2 Å². The molecule has 8 heteroatoms. The van der Waals surface area contributed by atoms with Crippen molar-refractivity contribution in [1.29, 1.82) is 0 Å². The molecule has 0 aliphatic carbocycles. The van der Waals surface area contributed by atoms with Gasteiger partial charge in [0.2, 0.25) is 0 Å². The fourth-order valence-corrected chi connectivity index (χ4v) is 5.17. The molecule has 0 saturated heterocycles. The predicted octanol–water partition coefficient (Wildman–Crippen LogP) is 6.34. The van der Waals surface area contributed by atoms with Gasteiger partial charge in [0.15, 0.2) is 0 Å². The molecular formula is C26H29BrN2O4S. The highest BCUT2D eigenvalue weighted by Gasteiger charge is 2.23. The largest absolute Gasteiger partial charge is 0.493 e. The molecule has 0 bridgehead atoms. The Morgan fingerprint density at radius 1 is 1.03 bits per heavy atom. The summed E-state index contributed by atoms with van der Waals surface area (Å²) in [5.41, 5.74) is 1.48. The number of amides is 1. The van der Waals surface area contributed by atoms with Gasteiger partial charge >= 0.3 is 0 Å². The Morgan fingerprint density at radius 2 is 1.71 bits per heavy atom. The maximum absolute atomic E-state index is 13.2. The zero-order chi connectivity index (χ0) is 24.7. The van der Waals surface area contributed by atoms with E-state index in [1.807, 2.05) is 12.1 Å². The van der Waals surface area contributed by atoms with Crippen molar-refractivity contribution in [2.75, 3.05) is 22.8 Å². The molecule has 0 saturated carbocycles. The van der Waals surface area contributed by atoms with Gasteiger partial charge in [0.25, 0.3) is 15.9 Å². The molecule has 0 fully saturated rings. The number of halogens is 1. The van der Waals surface area contributed by atoms with Crippen LogP contribution in [-0.2, 0) is 10.0 Å². The SMILES string of the molecule is CCN(c1ccccc1)S(=O)(=O)c1ccc(NC(=O)c2cc(Br)ccc2OCCC(C)C)cc1. The Balaban J connectivity index is 1.77. The molecule has 0 aliphatic heterocycles. The van der Waals surface area contributed by atoms with Gasteiger partial charge < -0.3 is 10.1 Å². The summed E-state index contributed by atoms with van der Waals surface area (Å²) in [6.45, 7) is 6.83. The summed E-state index contributed by atoms with van der Waals surface area (Å²) in [5, 5.41) is 2.83. The first-order valence-corrected chi connectivity index (χ1v) is 13.4. The molecule has 1 amide bonds. The summed E-state index contributed by atoms with van der Waals surface area (Å²) >= 11 is 3.41. The number of benzene rings is 3. The number of carbonyl (C=O) groups excluding carboxylic acids is 1. The Labute approximate surface area is 210 Å². The molecule has 3 aromatic rings. The third-order valence-corrected chi connectivity index (χ3v) is 7.58. The van der Waals surface area contributed by atoms with Gasteiger partial charge in [0.1, 0.15) is 5.75 Å². The number of ether oxygens (including phenoxy) is 1. The molecule has 6 nitrogen and oxygen atoms in total. The first-order chi connectivity index (χ1) is 16.2. The highest BCUT2D eigenvalue weighted by Crippen LogP contribution is 2.27. The summed E-state index contributed by atoms with van der Waals surface area (Å²) < 4.78 is 34.3. The van der Waals surface area contributed by atoms with E-state index in [4.69, 9.17) is 4.74 Å². The molecule has 3 rings (SSSR count). The Morgan fingerprint density at radius 3 is 2.32 bits per heavy atom. The van der Waals surface area contributed by atoms with Crippen LogP contribution >= 0.6 is 15.9 Å². The lowest BCUT2D eigenvalue weighted by Crippen LogP contribution is -2.30. The number of nitrogens with zero attached hydrogens (tertiary/aromatic N) is 1. The first kappa shape index (κ1) is 25.8. The highest BCUT2D eigenvalue weighted by molar-refractivity contribution is 9.10. The van der Waals surface area contributed by atoms with Crippen molar-refractivity contribution >= 4 is 43.2 Å². The number of carbonyl (C=O) groups is 1. The molecule has 0 spiro atoms. The van der Waals surface area contributed by atoms with Gasteiger partial charge in [-0.3, -0.25) is 9.10 Å². The topological polar surface area (TPSA) is 75.7 Å². The van der Waals surface area contributed by atoms with Crippen LogP contribution in [0.5, 0.6) is 5.75 Å². The minimum Gasteiger partial charge on any atom is -0.493 e. The smallest absolute Gasteiger partial charge is 0.264 e. The molecular weight excluding hydrogens is 516 g/mol. The van der Waals surface area contributed by atoms with Crippen molar-refractivity contribution in [3.8, 4) is 5.75 Å². The number of para-hydroxylation sites is 1. The van der Waals surface area contributed by atoms with E-state index in [0.29, 0.717) is 41.8 Å². The predicted molar refractivity (Wildman–Crippen MR) is 140 cm³/mol. The van der Waals surface area contributed by atoms with E-state index in [1.165, 1.54) is 16.4 Å². The number of sulfonamides is 1. The lowest BCUT2D eigenvalue weighted by atomic mass is 10.1. The molecule has 0 aromatic heterocycles. The Kier molecular flexibility index (Phi) is 8.74. The van der Waals surface area contributed by atoms with E-state index in [1.54, 1.807) is 55.5 Å². The number of anilines is 2. The molecule has 0 radical (unpaired) electrons. The molecule has 0 atom stereocenters. The normalized spacial score (nSPS) is 11.3. The second-order valence-electron chi connectivity index (χ2n) is 8.16. The summed E-state index contributed by atoms with van der Waals surface area (Å²) in [7, 11) is -3.74.